The van der Waals surface area contributed by atoms with Gasteiger partial charge in [0, 0.05) is 26.2 Å². The van der Waals surface area contributed by atoms with Crippen LogP contribution in [0.3, 0.4) is 0 Å². The molecule has 33 heavy (non-hydrogen) atoms. The van der Waals surface area contributed by atoms with E-state index >= 15 is 0 Å². The van der Waals surface area contributed by atoms with Gasteiger partial charge in [0.1, 0.15) is 5.82 Å². The van der Waals surface area contributed by atoms with E-state index in [0.717, 1.165) is 0 Å². The van der Waals surface area contributed by atoms with Gasteiger partial charge in [-0.1, -0.05) is 23.1 Å². The maximum atomic E-state index is 14.3. The van der Waals surface area contributed by atoms with Gasteiger partial charge in [0.25, 0.3) is 10.0 Å². The summed E-state index contributed by atoms with van der Waals surface area (Å²) in [7, 11) is -3.84. The SMILES string of the molecule is Cc1ccccc1S(=O)(=O)NOC1CCC1C(=O)N1CCN(c2ccc(C#N)cc2F)CC1. The lowest BCUT2D eigenvalue weighted by atomic mass is 9.81. The van der Waals surface area contributed by atoms with E-state index in [1.807, 2.05) is 11.0 Å². The number of amides is 1. The lowest BCUT2D eigenvalue weighted by Gasteiger charge is -2.41. The van der Waals surface area contributed by atoms with Crippen LogP contribution in [-0.2, 0) is 19.7 Å². The Balaban J connectivity index is 1.31. The van der Waals surface area contributed by atoms with E-state index in [4.69, 9.17) is 10.1 Å². The molecule has 8 nitrogen and oxygen atoms in total. The second kappa shape index (κ2) is 9.47. The molecule has 0 aromatic heterocycles. The molecular formula is C23H25FN4O4S. The molecule has 2 atom stereocenters. The maximum absolute atomic E-state index is 14.3. The number of anilines is 1. The molecule has 0 bridgehead atoms. The maximum Gasteiger partial charge on any atom is 0.262 e. The molecule has 10 heteroatoms. The fraction of sp³-hybridized carbons (Fsp3) is 0.391. The van der Waals surface area contributed by atoms with Crippen molar-refractivity contribution in [3.8, 4) is 6.07 Å². The van der Waals surface area contributed by atoms with Crippen LogP contribution < -0.4 is 9.79 Å². The zero-order valence-corrected chi connectivity index (χ0v) is 19.0. The van der Waals surface area contributed by atoms with Gasteiger partial charge in [-0.05, 0) is 49.6 Å². The first kappa shape index (κ1) is 23.2. The molecule has 0 radical (unpaired) electrons. The van der Waals surface area contributed by atoms with Crippen LogP contribution in [0.5, 0.6) is 0 Å². The highest BCUT2D eigenvalue weighted by atomic mass is 32.2. The van der Waals surface area contributed by atoms with Crippen molar-refractivity contribution < 1.29 is 22.4 Å². The minimum absolute atomic E-state index is 0.0821. The van der Waals surface area contributed by atoms with Crippen molar-refractivity contribution in [1.29, 1.82) is 5.26 Å². The minimum Gasteiger partial charge on any atom is -0.366 e. The summed E-state index contributed by atoms with van der Waals surface area (Å²) in [5.74, 6) is -0.953. The highest BCUT2D eigenvalue weighted by Gasteiger charge is 2.41. The monoisotopic (exact) mass is 472 g/mol. The molecule has 2 aromatic carbocycles. The largest absolute Gasteiger partial charge is 0.366 e. The van der Waals surface area contributed by atoms with Crippen LogP contribution in [0, 0.1) is 30.0 Å². The Morgan fingerprint density at radius 1 is 1.15 bits per heavy atom. The lowest BCUT2D eigenvalue weighted by molar-refractivity contribution is -0.152. The standard InChI is InChI=1S/C23H25FN4O4S/c1-16-4-2-3-5-22(16)33(30,31)26-32-21-9-7-18(21)23(29)28-12-10-27(11-13-28)20-8-6-17(15-25)14-19(20)24/h2-6,8,14,18,21,26H,7,9-13H2,1H3. The number of rotatable bonds is 6. The third-order valence-corrected chi connectivity index (χ3v) is 7.58. The van der Waals surface area contributed by atoms with Crippen LogP contribution in [0.4, 0.5) is 10.1 Å². The average Bonchev–Trinajstić information content (AvgIpc) is 2.78. The smallest absolute Gasteiger partial charge is 0.262 e. The predicted octanol–water partition coefficient (Wildman–Crippen LogP) is 2.34. The van der Waals surface area contributed by atoms with Gasteiger partial charge in [-0.2, -0.15) is 5.26 Å². The summed E-state index contributed by atoms with van der Waals surface area (Å²) in [6, 6.07) is 12.9. The first-order chi connectivity index (χ1) is 15.8. The predicted molar refractivity (Wildman–Crippen MR) is 119 cm³/mol. The van der Waals surface area contributed by atoms with Crippen LogP contribution in [0.15, 0.2) is 47.4 Å². The number of nitrogens with one attached hydrogen (secondary N) is 1. The lowest BCUT2D eigenvalue weighted by Crippen LogP contribution is -2.55. The summed E-state index contributed by atoms with van der Waals surface area (Å²) in [5, 5.41) is 8.89. The number of nitriles is 1. The third kappa shape index (κ3) is 4.85. The van der Waals surface area contributed by atoms with Crippen molar-refractivity contribution in [1.82, 2.24) is 9.79 Å². The van der Waals surface area contributed by atoms with Gasteiger partial charge >= 0.3 is 0 Å². The van der Waals surface area contributed by atoms with Gasteiger partial charge in [0.15, 0.2) is 0 Å². The van der Waals surface area contributed by atoms with Crippen molar-refractivity contribution in [3.05, 3.63) is 59.4 Å². The van der Waals surface area contributed by atoms with Gasteiger partial charge in [-0.15, -0.1) is 0 Å². The van der Waals surface area contributed by atoms with Gasteiger partial charge in [-0.25, -0.2) is 12.8 Å². The molecule has 1 N–H and O–H groups in total. The van der Waals surface area contributed by atoms with E-state index in [1.54, 1.807) is 42.2 Å². The molecule has 1 amide bonds. The quantitative estimate of drug-likeness (QED) is 0.648. The summed E-state index contributed by atoms with van der Waals surface area (Å²) in [6.07, 6.45) is 0.689. The number of sulfonamides is 1. The second-order valence-corrected chi connectivity index (χ2v) is 9.90. The summed E-state index contributed by atoms with van der Waals surface area (Å²) >= 11 is 0. The Morgan fingerprint density at radius 2 is 1.88 bits per heavy atom. The average molecular weight is 473 g/mol. The van der Waals surface area contributed by atoms with E-state index in [9.17, 15) is 17.6 Å². The second-order valence-electron chi connectivity index (χ2n) is 8.28. The number of carbonyl (C=O) groups excluding carboxylic acids is 1. The van der Waals surface area contributed by atoms with Crippen LogP contribution in [0.2, 0.25) is 0 Å². The van der Waals surface area contributed by atoms with E-state index in [2.05, 4.69) is 4.89 Å². The minimum atomic E-state index is -3.84. The Bertz CT molecular complexity index is 1190. The van der Waals surface area contributed by atoms with E-state index in [0.29, 0.717) is 50.3 Å². The van der Waals surface area contributed by atoms with Crippen LogP contribution in [-0.4, -0.2) is 51.5 Å². The van der Waals surface area contributed by atoms with Crippen molar-refractivity contribution >= 4 is 21.6 Å². The molecule has 1 saturated heterocycles. The molecule has 1 heterocycles. The third-order valence-electron chi connectivity index (χ3n) is 6.23. The first-order valence-electron chi connectivity index (χ1n) is 10.8. The van der Waals surface area contributed by atoms with E-state index < -0.39 is 27.9 Å². The summed E-state index contributed by atoms with van der Waals surface area (Å²) in [6.45, 7) is 3.49. The van der Waals surface area contributed by atoms with Crippen molar-refractivity contribution in [2.45, 2.75) is 30.8 Å². The van der Waals surface area contributed by atoms with Gasteiger partial charge in [0.2, 0.25) is 5.91 Å². The number of piperazine rings is 1. The van der Waals surface area contributed by atoms with Gasteiger partial charge in [0.05, 0.1) is 34.2 Å². The van der Waals surface area contributed by atoms with Crippen LogP contribution >= 0.6 is 0 Å². The fourth-order valence-corrected chi connectivity index (χ4v) is 5.25. The highest BCUT2D eigenvalue weighted by Crippen LogP contribution is 2.32. The topological polar surface area (TPSA) is 103 Å². The zero-order chi connectivity index (χ0) is 23.6. The molecule has 2 aliphatic rings. The number of carbonyl (C=O) groups is 1. The molecule has 0 spiro atoms. The molecular weight excluding hydrogens is 447 g/mol. The van der Waals surface area contributed by atoms with Gasteiger partial charge < -0.3 is 9.80 Å². The Morgan fingerprint density at radius 3 is 2.48 bits per heavy atom. The Labute approximate surface area is 192 Å². The molecule has 1 aliphatic carbocycles. The molecule has 4 rings (SSSR count). The van der Waals surface area contributed by atoms with E-state index in [1.165, 1.54) is 12.1 Å². The number of benzene rings is 2. The number of nitrogens with zero attached hydrogens (tertiary/aromatic N) is 3. The van der Waals surface area contributed by atoms with Crippen molar-refractivity contribution in [3.63, 3.8) is 0 Å². The number of aryl methyl sites for hydroxylation is 1. The summed E-state index contributed by atoms with van der Waals surface area (Å²) in [5.41, 5.74) is 1.28. The highest BCUT2D eigenvalue weighted by molar-refractivity contribution is 7.89. The zero-order valence-electron chi connectivity index (χ0n) is 18.2. The van der Waals surface area contributed by atoms with Crippen molar-refractivity contribution in [2.24, 2.45) is 5.92 Å². The fourth-order valence-electron chi connectivity index (χ4n) is 4.16. The van der Waals surface area contributed by atoms with Gasteiger partial charge in [-0.3, -0.25) is 9.63 Å². The molecule has 2 unspecified atom stereocenters. The first-order valence-corrected chi connectivity index (χ1v) is 12.2. The van der Waals surface area contributed by atoms with Crippen LogP contribution in [0.25, 0.3) is 0 Å². The number of halogens is 1. The molecule has 1 saturated carbocycles. The summed E-state index contributed by atoms with van der Waals surface area (Å²) in [4.78, 5) is 24.3. The van der Waals surface area contributed by atoms with Crippen molar-refractivity contribution in [2.75, 3.05) is 31.1 Å². The van der Waals surface area contributed by atoms with E-state index in [-0.39, 0.29) is 16.4 Å². The van der Waals surface area contributed by atoms with Crippen LogP contribution in [0.1, 0.15) is 24.0 Å². The normalized spacial score (nSPS) is 20.8. The Hall–Kier alpha value is -3.00. The number of hydrogen-bond acceptors (Lipinski definition) is 6. The summed E-state index contributed by atoms with van der Waals surface area (Å²) < 4.78 is 39.4. The molecule has 1 aliphatic heterocycles. The Kier molecular flexibility index (Phi) is 6.65. The number of hydrogen-bond donors (Lipinski definition) is 1. The molecule has 174 valence electrons. The molecule has 2 fully saturated rings. The molecule has 2 aromatic rings.